The van der Waals surface area contributed by atoms with E-state index in [2.05, 4.69) is 56.8 Å². The lowest BCUT2D eigenvalue weighted by atomic mass is 9.86. The first-order chi connectivity index (χ1) is 8.83. The molecule has 0 nitrogen and oxygen atoms in total. The molecule has 0 bridgehead atoms. The third kappa shape index (κ3) is 5.35. The summed E-state index contributed by atoms with van der Waals surface area (Å²) < 4.78 is 0. The Bertz CT molecular complexity index is 332. The quantitative estimate of drug-likeness (QED) is 0.529. The van der Waals surface area contributed by atoms with Gasteiger partial charge in [0.2, 0.25) is 0 Å². The predicted octanol–water partition coefficient (Wildman–Crippen LogP) is 6.12. The molecule has 0 fully saturated rings. The van der Waals surface area contributed by atoms with Gasteiger partial charge in [-0.15, -0.1) is 0 Å². The smallest absolute Gasteiger partial charge is 0.00486 e. The van der Waals surface area contributed by atoms with E-state index in [0.29, 0.717) is 5.92 Å². The molecule has 1 aromatic rings. The molecule has 0 aromatic heterocycles. The molecule has 1 unspecified atom stereocenters. The normalized spacial score (nSPS) is 12.3. The van der Waals surface area contributed by atoms with E-state index in [1.54, 1.807) is 0 Å². The van der Waals surface area contributed by atoms with E-state index in [1.807, 2.05) is 19.9 Å². The number of allylic oxidation sites excluding steroid dienone is 3. The largest absolute Gasteiger partial charge is 0.0991 e. The topological polar surface area (TPSA) is 0 Å². The second-order valence-electron chi connectivity index (χ2n) is 4.10. The van der Waals surface area contributed by atoms with E-state index in [9.17, 15) is 0 Å². The SMILES string of the molecule is C=C/C=C(\CCC)C(CC)c1ccccc1.CC. The Labute approximate surface area is 113 Å². The molecule has 0 N–H and O–H groups in total. The minimum absolute atomic E-state index is 0.555. The van der Waals surface area contributed by atoms with Gasteiger partial charge in [0, 0.05) is 5.92 Å². The first-order valence-corrected chi connectivity index (χ1v) is 7.19. The van der Waals surface area contributed by atoms with Crippen LogP contribution >= 0.6 is 0 Å². The van der Waals surface area contributed by atoms with Crippen LogP contribution in [0.5, 0.6) is 0 Å². The zero-order valence-corrected chi connectivity index (χ0v) is 12.4. The summed E-state index contributed by atoms with van der Waals surface area (Å²) in [5.41, 5.74) is 2.93. The van der Waals surface area contributed by atoms with Gasteiger partial charge in [0.1, 0.15) is 0 Å². The highest BCUT2D eigenvalue weighted by Crippen LogP contribution is 2.30. The summed E-state index contributed by atoms with van der Waals surface area (Å²) in [6.07, 6.45) is 7.62. The van der Waals surface area contributed by atoms with Crippen LogP contribution in [0.1, 0.15) is 58.4 Å². The van der Waals surface area contributed by atoms with Crippen LogP contribution < -0.4 is 0 Å². The molecule has 0 heteroatoms. The molecule has 1 rings (SSSR count). The molecular weight excluding hydrogens is 216 g/mol. The number of hydrogen-bond acceptors (Lipinski definition) is 0. The lowest BCUT2D eigenvalue weighted by molar-refractivity contribution is 0.705. The zero-order valence-electron chi connectivity index (χ0n) is 12.4. The maximum atomic E-state index is 3.82. The summed E-state index contributed by atoms with van der Waals surface area (Å²) in [6, 6.07) is 10.8. The van der Waals surface area contributed by atoms with Crippen molar-refractivity contribution in [2.45, 2.75) is 52.9 Å². The monoisotopic (exact) mass is 244 g/mol. The van der Waals surface area contributed by atoms with Crippen molar-refractivity contribution in [1.29, 1.82) is 0 Å². The molecule has 0 saturated heterocycles. The fraction of sp³-hybridized carbons (Fsp3) is 0.444. The van der Waals surface area contributed by atoms with Crippen LogP contribution in [0.15, 0.2) is 54.6 Å². The molecule has 0 radical (unpaired) electrons. The Kier molecular flexibility index (Phi) is 10.0. The van der Waals surface area contributed by atoms with Gasteiger partial charge in [-0.3, -0.25) is 0 Å². The van der Waals surface area contributed by atoms with Crippen LogP contribution in [-0.4, -0.2) is 0 Å². The maximum Gasteiger partial charge on any atom is 0.00486 e. The number of rotatable bonds is 6. The molecule has 18 heavy (non-hydrogen) atoms. The summed E-state index contributed by atoms with van der Waals surface area (Å²) in [6.45, 7) is 12.3. The van der Waals surface area contributed by atoms with Crippen molar-refractivity contribution in [3.63, 3.8) is 0 Å². The Hall–Kier alpha value is -1.30. The molecule has 0 aliphatic heterocycles. The van der Waals surface area contributed by atoms with Crippen molar-refractivity contribution >= 4 is 0 Å². The lowest BCUT2D eigenvalue weighted by Crippen LogP contribution is -2.01. The van der Waals surface area contributed by atoms with E-state index < -0.39 is 0 Å². The zero-order chi connectivity index (χ0) is 13.8. The van der Waals surface area contributed by atoms with E-state index in [4.69, 9.17) is 0 Å². The first kappa shape index (κ1) is 16.7. The number of benzene rings is 1. The van der Waals surface area contributed by atoms with Gasteiger partial charge in [-0.1, -0.05) is 88.8 Å². The van der Waals surface area contributed by atoms with Crippen LogP contribution in [-0.2, 0) is 0 Å². The summed E-state index contributed by atoms with van der Waals surface area (Å²) in [5.74, 6) is 0.555. The van der Waals surface area contributed by atoms with Crippen molar-refractivity contribution in [1.82, 2.24) is 0 Å². The highest BCUT2D eigenvalue weighted by atomic mass is 14.2. The molecule has 0 spiro atoms. The van der Waals surface area contributed by atoms with Crippen LogP contribution in [0, 0.1) is 0 Å². The molecular formula is C18H28. The second kappa shape index (κ2) is 10.8. The molecule has 0 amide bonds. The van der Waals surface area contributed by atoms with Gasteiger partial charge in [0.25, 0.3) is 0 Å². The minimum atomic E-state index is 0.555. The van der Waals surface area contributed by atoms with Crippen LogP contribution in [0.4, 0.5) is 0 Å². The van der Waals surface area contributed by atoms with E-state index in [0.717, 1.165) is 6.42 Å². The fourth-order valence-electron chi connectivity index (χ4n) is 2.21. The van der Waals surface area contributed by atoms with Gasteiger partial charge in [-0.25, -0.2) is 0 Å². The summed E-state index contributed by atoms with van der Waals surface area (Å²) in [5, 5.41) is 0. The standard InChI is InChI=1S/C16H22.C2H6/c1-4-10-14(11-5-2)16(6-3)15-12-8-7-9-13-15;1-2/h4,7-10,12-13,16H,1,5-6,11H2,2-3H3;1-2H3/b14-10+;. The minimum Gasteiger partial charge on any atom is -0.0991 e. The first-order valence-electron chi connectivity index (χ1n) is 7.19. The van der Waals surface area contributed by atoms with Crippen LogP contribution in [0.3, 0.4) is 0 Å². The third-order valence-electron chi connectivity index (χ3n) is 2.93. The van der Waals surface area contributed by atoms with Gasteiger partial charge in [-0.05, 0) is 18.4 Å². The lowest BCUT2D eigenvalue weighted by Gasteiger charge is -2.19. The molecule has 0 aliphatic carbocycles. The molecule has 1 aromatic carbocycles. The van der Waals surface area contributed by atoms with Gasteiger partial charge < -0.3 is 0 Å². The molecule has 0 saturated carbocycles. The second-order valence-corrected chi connectivity index (χ2v) is 4.10. The molecule has 0 heterocycles. The Morgan fingerprint density at radius 2 is 1.78 bits per heavy atom. The molecule has 100 valence electrons. The van der Waals surface area contributed by atoms with E-state index >= 15 is 0 Å². The van der Waals surface area contributed by atoms with Crippen molar-refractivity contribution in [2.24, 2.45) is 0 Å². The summed E-state index contributed by atoms with van der Waals surface area (Å²) in [7, 11) is 0. The Morgan fingerprint density at radius 1 is 1.17 bits per heavy atom. The van der Waals surface area contributed by atoms with Crippen molar-refractivity contribution < 1.29 is 0 Å². The van der Waals surface area contributed by atoms with E-state index in [1.165, 1.54) is 24.0 Å². The van der Waals surface area contributed by atoms with Gasteiger partial charge in [-0.2, -0.15) is 0 Å². The summed E-state index contributed by atoms with van der Waals surface area (Å²) >= 11 is 0. The van der Waals surface area contributed by atoms with Crippen molar-refractivity contribution in [2.75, 3.05) is 0 Å². The van der Waals surface area contributed by atoms with E-state index in [-0.39, 0.29) is 0 Å². The van der Waals surface area contributed by atoms with Gasteiger partial charge >= 0.3 is 0 Å². The highest BCUT2D eigenvalue weighted by molar-refractivity contribution is 5.30. The van der Waals surface area contributed by atoms with Crippen molar-refractivity contribution in [3.05, 3.63) is 60.2 Å². The Balaban J connectivity index is 0.00000137. The fourth-order valence-corrected chi connectivity index (χ4v) is 2.21. The van der Waals surface area contributed by atoms with Gasteiger partial charge in [0.05, 0.1) is 0 Å². The highest BCUT2D eigenvalue weighted by Gasteiger charge is 2.12. The van der Waals surface area contributed by atoms with Gasteiger partial charge in [0.15, 0.2) is 0 Å². The van der Waals surface area contributed by atoms with Crippen molar-refractivity contribution in [3.8, 4) is 0 Å². The summed E-state index contributed by atoms with van der Waals surface area (Å²) in [4.78, 5) is 0. The third-order valence-corrected chi connectivity index (χ3v) is 2.93. The predicted molar refractivity (Wildman–Crippen MR) is 84.0 cm³/mol. The average molecular weight is 244 g/mol. The number of hydrogen-bond donors (Lipinski definition) is 0. The Morgan fingerprint density at radius 3 is 2.22 bits per heavy atom. The average Bonchev–Trinajstić information content (AvgIpc) is 2.43. The van der Waals surface area contributed by atoms with Crippen LogP contribution in [0.2, 0.25) is 0 Å². The maximum absolute atomic E-state index is 3.82. The molecule has 0 aliphatic rings. The molecule has 1 atom stereocenters. The van der Waals surface area contributed by atoms with Crippen LogP contribution in [0.25, 0.3) is 0 Å².